The smallest absolute Gasteiger partial charge is 0.258 e. The van der Waals surface area contributed by atoms with Crippen molar-refractivity contribution >= 4 is 56.8 Å². The molecule has 0 spiro atoms. The molecule has 0 N–H and O–H groups in total. The van der Waals surface area contributed by atoms with Gasteiger partial charge in [0, 0.05) is 14.5 Å². The number of nitro groups is 1. The van der Waals surface area contributed by atoms with E-state index in [0.717, 1.165) is 8.47 Å². The average molecular weight is 360 g/mol. The predicted octanol–water partition coefficient (Wildman–Crippen LogP) is 3.25. The summed E-state index contributed by atoms with van der Waals surface area (Å²) in [6, 6.07) is 3.09. The van der Waals surface area contributed by atoms with Gasteiger partial charge in [0.25, 0.3) is 5.69 Å². The molecule has 1 aromatic carbocycles. The largest absolute Gasteiger partial charge is 0.284 e. The van der Waals surface area contributed by atoms with E-state index in [9.17, 15) is 10.1 Å². The van der Waals surface area contributed by atoms with Gasteiger partial charge in [0.1, 0.15) is 0 Å². The van der Waals surface area contributed by atoms with Crippen LogP contribution in [0.3, 0.4) is 0 Å². The van der Waals surface area contributed by atoms with Crippen molar-refractivity contribution in [3.8, 4) is 0 Å². The van der Waals surface area contributed by atoms with Crippen LogP contribution in [0, 0.1) is 13.7 Å². The van der Waals surface area contributed by atoms with Crippen LogP contribution in [0.1, 0.15) is 0 Å². The Hall–Kier alpha value is 0.180. The van der Waals surface area contributed by atoms with Gasteiger partial charge >= 0.3 is 0 Å². The van der Waals surface area contributed by atoms with Crippen molar-refractivity contribution in [2.45, 2.75) is 4.90 Å². The van der Waals surface area contributed by atoms with Gasteiger partial charge in [-0.15, -0.1) is 12.6 Å². The van der Waals surface area contributed by atoms with E-state index in [-0.39, 0.29) is 5.69 Å². The Morgan fingerprint density at radius 2 is 2.17 bits per heavy atom. The highest BCUT2D eigenvalue weighted by molar-refractivity contribution is 14.1. The zero-order chi connectivity index (χ0) is 9.30. The molecular formula is C6H3BrINO2S. The summed E-state index contributed by atoms with van der Waals surface area (Å²) in [4.78, 5) is 10.7. The summed E-state index contributed by atoms with van der Waals surface area (Å²) in [5.74, 6) is 0. The first-order valence-electron chi connectivity index (χ1n) is 2.85. The lowest BCUT2D eigenvalue weighted by molar-refractivity contribution is -0.385. The molecule has 0 atom stereocenters. The molecule has 0 bridgehead atoms. The molecule has 0 aromatic heterocycles. The van der Waals surface area contributed by atoms with Crippen molar-refractivity contribution in [2.24, 2.45) is 0 Å². The zero-order valence-electron chi connectivity index (χ0n) is 5.62. The van der Waals surface area contributed by atoms with Crippen molar-refractivity contribution < 1.29 is 4.92 Å². The van der Waals surface area contributed by atoms with E-state index in [1.54, 1.807) is 6.07 Å². The monoisotopic (exact) mass is 359 g/mol. The highest BCUT2D eigenvalue weighted by atomic mass is 127. The molecule has 0 heterocycles. The number of benzene rings is 1. The maximum absolute atomic E-state index is 10.4. The second kappa shape index (κ2) is 3.93. The summed E-state index contributed by atoms with van der Waals surface area (Å²) in [6.45, 7) is 0. The Balaban J connectivity index is 3.33. The van der Waals surface area contributed by atoms with Gasteiger partial charge in [-0.2, -0.15) is 0 Å². The van der Waals surface area contributed by atoms with Crippen LogP contribution in [0.25, 0.3) is 0 Å². The first-order valence-corrected chi connectivity index (χ1v) is 5.16. The minimum Gasteiger partial charge on any atom is -0.258 e. The maximum atomic E-state index is 10.4. The molecule has 0 aliphatic rings. The second-order valence-electron chi connectivity index (χ2n) is 2.01. The molecule has 0 amide bonds. The fourth-order valence-corrected chi connectivity index (χ4v) is 1.98. The van der Waals surface area contributed by atoms with Gasteiger partial charge in [-0.1, -0.05) is 0 Å². The van der Waals surface area contributed by atoms with Crippen molar-refractivity contribution in [1.29, 1.82) is 0 Å². The Bertz CT molecular complexity index is 345. The molecule has 0 fully saturated rings. The van der Waals surface area contributed by atoms with E-state index in [2.05, 4.69) is 28.6 Å². The molecule has 0 saturated carbocycles. The fraction of sp³-hybridized carbons (Fsp3) is 0. The molecule has 0 unspecified atom stereocenters. The summed E-state index contributed by atoms with van der Waals surface area (Å²) in [7, 11) is 0. The number of hydrogen-bond donors (Lipinski definition) is 1. The molecule has 6 heteroatoms. The third-order valence-electron chi connectivity index (χ3n) is 1.21. The van der Waals surface area contributed by atoms with Gasteiger partial charge < -0.3 is 0 Å². The van der Waals surface area contributed by atoms with E-state index < -0.39 is 4.92 Å². The third-order valence-corrected chi connectivity index (χ3v) is 3.54. The first-order chi connectivity index (χ1) is 5.52. The molecule has 0 aliphatic carbocycles. The highest BCUT2D eigenvalue weighted by Gasteiger charge is 2.13. The van der Waals surface area contributed by atoms with Crippen molar-refractivity contribution in [3.05, 3.63) is 30.3 Å². The third kappa shape index (κ3) is 2.11. The molecule has 12 heavy (non-hydrogen) atoms. The Labute approximate surface area is 96.4 Å². The summed E-state index contributed by atoms with van der Waals surface area (Å²) in [5.41, 5.74) is 0.0669. The maximum Gasteiger partial charge on any atom is 0.284 e. The molecular weight excluding hydrogens is 357 g/mol. The molecule has 0 saturated heterocycles. The summed E-state index contributed by atoms with van der Waals surface area (Å²) in [6.07, 6.45) is 0. The van der Waals surface area contributed by atoms with E-state index in [1.807, 2.05) is 22.6 Å². The lowest BCUT2D eigenvalue weighted by atomic mass is 10.3. The van der Waals surface area contributed by atoms with Crippen LogP contribution in [0.5, 0.6) is 0 Å². The lowest BCUT2D eigenvalue weighted by Crippen LogP contribution is -1.90. The predicted molar refractivity (Wildman–Crippen MR) is 60.8 cm³/mol. The Morgan fingerprint density at radius 3 is 2.67 bits per heavy atom. The summed E-state index contributed by atoms with van der Waals surface area (Å²) in [5, 5.41) is 10.4. The van der Waals surface area contributed by atoms with Crippen molar-refractivity contribution in [3.63, 3.8) is 0 Å². The van der Waals surface area contributed by atoms with E-state index in [1.165, 1.54) is 6.07 Å². The fourth-order valence-electron chi connectivity index (χ4n) is 0.666. The molecule has 1 rings (SSSR count). The van der Waals surface area contributed by atoms with Crippen LogP contribution < -0.4 is 0 Å². The minimum atomic E-state index is -0.431. The summed E-state index contributed by atoms with van der Waals surface area (Å²) < 4.78 is 1.23. The first kappa shape index (κ1) is 10.3. The van der Waals surface area contributed by atoms with E-state index in [4.69, 9.17) is 0 Å². The van der Waals surface area contributed by atoms with E-state index in [0.29, 0.717) is 4.47 Å². The normalized spacial score (nSPS) is 9.92. The number of rotatable bonds is 1. The van der Waals surface area contributed by atoms with Gasteiger partial charge in [0.05, 0.1) is 9.40 Å². The van der Waals surface area contributed by atoms with Crippen LogP contribution in [-0.2, 0) is 0 Å². The summed E-state index contributed by atoms with van der Waals surface area (Å²) >= 11 is 9.21. The van der Waals surface area contributed by atoms with Crippen LogP contribution in [-0.4, -0.2) is 4.92 Å². The quantitative estimate of drug-likeness (QED) is 0.362. The number of hydrogen-bond acceptors (Lipinski definition) is 3. The van der Waals surface area contributed by atoms with Crippen LogP contribution in [0.2, 0.25) is 0 Å². The van der Waals surface area contributed by atoms with Gasteiger partial charge in [0.2, 0.25) is 0 Å². The second-order valence-corrected chi connectivity index (χ2v) is 4.51. The zero-order valence-corrected chi connectivity index (χ0v) is 10.3. The Morgan fingerprint density at radius 1 is 1.58 bits per heavy atom. The van der Waals surface area contributed by atoms with Crippen molar-refractivity contribution in [2.75, 3.05) is 0 Å². The topological polar surface area (TPSA) is 43.1 Å². The van der Waals surface area contributed by atoms with Crippen LogP contribution in [0.4, 0.5) is 5.69 Å². The van der Waals surface area contributed by atoms with E-state index >= 15 is 0 Å². The van der Waals surface area contributed by atoms with Gasteiger partial charge in [-0.25, -0.2) is 0 Å². The van der Waals surface area contributed by atoms with Gasteiger partial charge in [0.15, 0.2) is 0 Å². The van der Waals surface area contributed by atoms with Crippen LogP contribution >= 0.6 is 51.1 Å². The Kier molecular flexibility index (Phi) is 3.36. The number of thiol groups is 1. The number of halogens is 2. The molecule has 64 valence electrons. The standard InChI is InChI=1S/C6H3BrINO2S/c7-3-1-6(12)4(8)2-5(3)9(10)11/h1-2,12H. The lowest BCUT2D eigenvalue weighted by Gasteiger charge is -1.98. The molecule has 0 radical (unpaired) electrons. The van der Waals surface area contributed by atoms with Crippen LogP contribution in [0.15, 0.2) is 21.5 Å². The molecule has 1 aromatic rings. The number of nitrogens with zero attached hydrogens (tertiary/aromatic N) is 1. The SMILES string of the molecule is O=[N+]([O-])c1cc(I)c(S)cc1Br. The van der Waals surface area contributed by atoms with Gasteiger partial charge in [-0.3, -0.25) is 10.1 Å². The van der Waals surface area contributed by atoms with Crippen molar-refractivity contribution in [1.82, 2.24) is 0 Å². The highest BCUT2D eigenvalue weighted by Crippen LogP contribution is 2.30. The van der Waals surface area contributed by atoms with Gasteiger partial charge in [-0.05, 0) is 44.6 Å². The average Bonchev–Trinajstić information content (AvgIpc) is 1.96. The minimum absolute atomic E-state index is 0.0669. The molecule has 3 nitrogen and oxygen atoms in total. The number of nitro benzene ring substituents is 1. The molecule has 0 aliphatic heterocycles.